The maximum absolute atomic E-state index is 12.3. The number of rotatable bonds is 5. The standard InChI is InChI=1S/C19H13ClN4O2S2/c1-26-13-5-2-11(3-6-13)17(25)22-18-23-24-19(28-18)27-16-8-9-21-15-10-12(20)4-7-14(15)16/h2-10H,1H3,(H,22,23,25). The number of fused-ring (bicyclic) bond motifs is 1. The van der Waals surface area contributed by atoms with Crippen LogP contribution in [0.5, 0.6) is 5.75 Å². The highest BCUT2D eigenvalue weighted by Gasteiger charge is 2.12. The molecule has 4 aromatic rings. The van der Waals surface area contributed by atoms with Crippen molar-refractivity contribution in [2.45, 2.75) is 9.24 Å². The lowest BCUT2D eigenvalue weighted by Gasteiger charge is -2.04. The summed E-state index contributed by atoms with van der Waals surface area (Å²) in [5.74, 6) is 0.441. The second-order valence-electron chi connectivity index (χ2n) is 5.63. The lowest BCUT2D eigenvalue weighted by atomic mass is 10.2. The summed E-state index contributed by atoms with van der Waals surface area (Å²) in [4.78, 5) is 17.7. The summed E-state index contributed by atoms with van der Waals surface area (Å²) in [7, 11) is 1.58. The van der Waals surface area contributed by atoms with Gasteiger partial charge in [0.1, 0.15) is 5.75 Å². The number of halogens is 1. The number of anilines is 1. The van der Waals surface area contributed by atoms with Crippen LogP contribution in [0.15, 0.2) is 64.0 Å². The summed E-state index contributed by atoms with van der Waals surface area (Å²) >= 11 is 8.81. The van der Waals surface area contributed by atoms with Crippen molar-refractivity contribution in [3.63, 3.8) is 0 Å². The lowest BCUT2D eigenvalue weighted by molar-refractivity contribution is 0.102. The monoisotopic (exact) mass is 428 g/mol. The molecule has 0 aliphatic rings. The first kappa shape index (κ1) is 18.7. The lowest BCUT2D eigenvalue weighted by Crippen LogP contribution is -2.11. The minimum atomic E-state index is -0.251. The van der Waals surface area contributed by atoms with Crippen LogP contribution < -0.4 is 10.1 Å². The molecule has 4 rings (SSSR count). The number of pyridine rings is 1. The number of aromatic nitrogens is 3. The largest absolute Gasteiger partial charge is 0.497 e. The molecule has 1 N–H and O–H groups in total. The minimum Gasteiger partial charge on any atom is -0.497 e. The van der Waals surface area contributed by atoms with Gasteiger partial charge < -0.3 is 4.74 Å². The van der Waals surface area contributed by atoms with Crippen LogP contribution in [0.4, 0.5) is 5.13 Å². The first-order valence-electron chi connectivity index (χ1n) is 8.13. The third kappa shape index (κ3) is 4.09. The van der Waals surface area contributed by atoms with Crippen LogP contribution in [-0.2, 0) is 0 Å². The molecule has 9 heteroatoms. The van der Waals surface area contributed by atoms with Crippen LogP contribution in [0, 0.1) is 0 Å². The Labute approximate surface area is 173 Å². The molecule has 140 valence electrons. The van der Waals surface area contributed by atoms with Gasteiger partial charge in [0.15, 0.2) is 4.34 Å². The number of hydrogen-bond donors (Lipinski definition) is 1. The molecule has 2 heterocycles. The predicted octanol–water partition coefficient (Wildman–Crippen LogP) is 5.15. The van der Waals surface area contributed by atoms with Crippen LogP contribution in [-0.4, -0.2) is 28.2 Å². The van der Waals surface area contributed by atoms with E-state index in [1.54, 1.807) is 37.6 Å². The predicted molar refractivity (Wildman–Crippen MR) is 112 cm³/mol. The summed E-state index contributed by atoms with van der Waals surface area (Å²) in [6, 6.07) is 14.3. The number of ether oxygens (including phenoxy) is 1. The van der Waals surface area contributed by atoms with Crippen LogP contribution >= 0.6 is 34.7 Å². The number of benzene rings is 2. The van der Waals surface area contributed by atoms with Gasteiger partial charge in [-0.3, -0.25) is 15.1 Å². The fourth-order valence-corrected chi connectivity index (χ4v) is 4.48. The van der Waals surface area contributed by atoms with Gasteiger partial charge in [-0.2, -0.15) is 0 Å². The number of carbonyl (C=O) groups is 1. The van der Waals surface area contributed by atoms with E-state index in [4.69, 9.17) is 16.3 Å². The highest BCUT2D eigenvalue weighted by Crippen LogP contribution is 2.36. The van der Waals surface area contributed by atoms with Crippen molar-refractivity contribution in [1.82, 2.24) is 15.2 Å². The summed E-state index contributed by atoms with van der Waals surface area (Å²) in [5, 5.41) is 13.0. The highest BCUT2D eigenvalue weighted by molar-refractivity contribution is 8.01. The molecular formula is C19H13ClN4O2S2. The van der Waals surface area contributed by atoms with Gasteiger partial charge in [0.25, 0.3) is 5.91 Å². The van der Waals surface area contributed by atoms with Gasteiger partial charge in [-0.1, -0.05) is 40.8 Å². The third-order valence-electron chi connectivity index (χ3n) is 3.84. The van der Waals surface area contributed by atoms with Crippen molar-refractivity contribution in [2.75, 3.05) is 12.4 Å². The average Bonchev–Trinajstić information content (AvgIpc) is 3.14. The zero-order chi connectivity index (χ0) is 19.5. The zero-order valence-corrected chi connectivity index (χ0v) is 16.9. The molecule has 0 atom stereocenters. The smallest absolute Gasteiger partial charge is 0.257 e. The molecule has 0 aliphatic carbocycles. The Balaban J connectivity index is 1.49. The molecule has 28 heavy (non-hydrogen) atoms. The second-order valence-corrected chi connectivity index (χ2v) is 8.33. The van der Waals surface area contributed by atoms with Crippen molar-refractivity contribution in [3.05, 3.63) is 65.3 Å². The fraction of sp³-hybridized carbons (Fsp3) is 0.0526. The van der Waals surface area contributed by atoms with Crippen molar-refractivity contribution in [3.8, 4) is 5.75 Å². The maximum atomic E-state index is 12.3. The Morgan fingerprint density at radius 3 is 2.75 bits per heavy atom. The van der Waals surface area contributed by atoms with Crippen LogP contribution in [0.25, 0.3) is 10.9 Å². The summed E-state index contributed by atoms with van der Waals surface area (Å²) in [5.41, 5.74) is 1.33. The van der Waals surface area contributed by atoms with Gasteiger partial charge in [0, 0.05) is 27.1 Å². The van der Waals surface area contributed by atoms with Crippen LogP contribution in [0.3, 0.4) is 0 Å². The average molecular weight is 429 g/mol. The Kier molecular flexibility index (Phi) is 5.43. The molecule has 2 aromatic carbocycles. The maximum Gasteiger partial charge on any atom is 0.257 e. The van der Waals surface area contributed by atoms with Gasteiger partial charge in [0.2, 0.25) is 5.13 Å². The van der Waals surface area contributed by atoms with E-state index in [-0.39, 0.29) is 5.91 Å². The van der Waals surface area contributed by atoms with E-state index >= 15 is 0 Å². The molecule has 6 nitrogen and oxygen atoms in total. The molecule has 0 fully saturated rings. The van der Waals surface area contributed by atoms with Gasteiger partial charge >= 0.3 is 0 Å². The molecule has 0 radical (unpaired) electrons. The van der Waals surface area contributed by atoms with E-state index in [1.807, 2.05) is 24.3 Å². The number of carbonyl (C=O) groups excluding carboxylic acids is 1. The van der Waals surface area contributed by atoms with Crippen LogP contribution in [0.2, 0.25) is 5.02 Å². The van der Waals surface area contributed by atoms with Crippen molar-refractivity contribution in [1.29, 1.82) is 0 Å². The van der Waals surface area contributed by atoms with Gasteiger partial charge in [0.05, 0.1) is 12.6 Å². The van der Waals surface area contributed by atoms with E-state index < -0.39 is 0 Å². The third-order valence-corrected chi connectivity index (χ3v) is 6.04. The summed E-state index contributed by atoms with van der Waals surface area (Å²) < 4.78 is 5.81. The number of hydrogen-bond acceptors (Lipinski definition) is 7. The normalized spacial score (nSPS) is 10.8. The number of nitrogens with zero attached hydrogens (tertiary/aromatic N) is 3. The fourth-order valence-electron chi connectivity index (χ4n) is 2.49. The van der Waals surface area contributed by atoms with E-state index in [0.717, 1.165) is 15.8 Å². The molecule has 0 unspecified atom stereocenters. The zero-order valence-electron chi connectivity index (χ0n) is 14.5. The van der Waals surface area contributed by atoms with Gasteiger partial charge in [-0.15, -0.1) is 10.2 Å². The minimum absolute atomic E-state index is 0.251. The Hall–Kier alpha value is -2.68. The molecule has 0 aliphatic heterocycles. The molecule has 1 amide bonds. The summed E-state index contributed by atoms with van der Waals surface area (Å²) in [6.45, 7) is 0. The topological polar surface area (TPSA) is 77.0 Å². The Bertz CT molecular complexity index is 1150. The second kappa shape index (κ2) is 8.14. The summed E-state index contributed by atoms with van der Waals surface area (Å²) in [6.07, 6.45) is 1.73. The number of amides is 1. The first-order chi connectivity index (χ1) is 13.6. The van der Waals surface area contributed by atoms with Crippen molar-refractivity contribution >= 4 is 56.6 Å². The molecule has 0 saturated heterocycles. The molecular weight excluding hydrogens is 416 g/mol. The molecule has 2 aromatic heterocycles. The first-order valence-corrected chi connectivity index (χ1v) is 10.1. The number of methoxy groups -OCH3 is 1. The Morgan fingerprint density at radius 1 is 1.14 bits per heavy atom. The number of nitrogens with one attached hydrogen (secondary N) is 1. The quantitative estimate of drug-likeness (QED) is 0.443. The SMILES string of the molecule is COc1ccc(C(=O)Nc2nnc(Sc3ccnc4cc(Cl)ccc34)s2)cc1. The highest BCUT2D eigenvalue weighted by atomic mass is 35.5. The molecule has 0 spiro atoms. The Morgan fingerprint density at radius 2 is 1.96 bits per heavy atom. The van der Waals surface area contributed by atoms with E-state index in [1.165, 1.54) is 23.1 Å². The van der Waals surface area contributed by atoms with E-state index in [2.05, 4.69) is 20.5 Å². The molecule has 0 bridgehead atoms. The molecule has 0 saturated carbocycles. The van der Waals surface area contributed by atoms with E-state index in [9.17, 15) is 4.79 Å². The van der Waals surface area contributed by atoms with Crippen molar-refractivity contribution < 1.29 is 9.53 Å². The van der Waals surface area contributed by atoms with E-state index in [0.29, 0.717) is 25.8 Å². The van der Waals surface area contributed by atoms with Crippen LogP contribution in [0.1, 0.15) is 10.4 Å². The van der Waals surface area contributed by atoms with Gasteiger partial charge in [-0.25, -0.2) is 0 Å². The van der Waals surface area contributed by atoms with Gasteiger partial charge in [-0.05, 0) is 42.5 Å². The van der Waals surface area contributed by atoms with Crippen molar-refractivity contribution in [2.24, 2.45) is 0 Å².